The van der Waals surface area contributed by atoms with Crippen molar-refractivity contribution in [2.75, 3.05) is 18.0 Å². The molecule has 0 bridgehead atoms. The predicted molar refractivity (Wildman–Crippen MR) is 136 cm³/mol. The molecule has 2 aliphatic heterocycles. The van der Waals surface area contributed by atoms with Gasteiger partial charge in [-0.3, -0.25) is 14.5 Å². The number of anilines is 2. The third-order valence-electron chi connectivity index (χ3n) is 6.39. The number of hydrogen-bond acceptors (Lipinski definition) is 5. The van der Waals surface area contributed by atoms with Crippen LogP contribution in [0.5, 0.6) is 0 Å². The van der Waals surface area contributed by atoms with E-state index in [1.54, 1.807) is 30.5 Å². The molecule has 6 heteroatoms. The van der Waals surface area contributed by atoms with Gasteiger partial charge >= 0.3 is 0 Å². The number of carbonyl (C=O) groups excluding carboxylic acids is 2. The number of imide groups is 1. The van der Waals surface area contributed by atoms with Crippen LogP contribution in [0.15, 0.2) is 102 Å². The summed E-state index contributed by atoms with van der Waals surface area (Å²) in [5, 5.41) is 0. The second-order valence-electron chi connectivity index (χ2n) is 8.50. The van der Waals surface area contributed by atoms with Gasteiger partial charge in [-0.1, -0.05) is 60.7 Å². The van der Waals surface area contributed by atoms with Gasteiger partial charge in [0.25, 0.3) is 11.8 Å². The zero-order chi connectivity index (χ0) is 23.8. The fraction of sp³-hybridized carbons (Fsp3) is 0.103. The summed E-state index contributed by atoms with van der Waals surface area (Å²) in [7, 11) is 0. The largest absolute Gasteiger partial charge is 0.324 e. The van der Waals surface area contributed by atoms with Crippen molar-refractivity contribution in [3.05, 3.63) is 119 Å². The van der Waals surface area contributed by atoms with Crippen LogP contribution in [0, 0.1) is 0 Å². The van der Waals surface area contributed by atoms with Gasteiger partial charge in [-0.15, -0.1) is 0 Å². The minimum Gasteiger partial charge on any atom is -0.324 e. The Bertz CT molecular complexity index is 1440. The minimum absolute atomic E-state index is 0.227. The van der Waals surface area contributed by atoms with E-state index < -0.39 is 0 Å². The van der Waals surface area contributed by atoms with Gasteiger partial charge < -0.3 is 4.90 Å². The van der Waals surface area contributed by atoms with Crippen molar-refractivity contribution >= 4 is 34.7 Å². The number of nitrogens with zero attached hydrogens (tertiary/aromatic N) is 4. The zero-order valence-electron chi connectivity index (χ0n) is 19.0. The van der Waals surface area contributed by atoms with Crippen LogP contribution in [0.3, 0.4) is 0 Å². The lowest BCUT2D eigenvalue weighted by molar-refractivity contribution is 0.0653. The molecule has 2 amide bonds. The highest BCUT2D eigenvalue weighted by Crippen LogP contribution is 2.39. The lowest BCUT2D eigenvalue weighted by atomic mass is 10.00. The maximum absolute atomic E-state index is 12.8. The molecule has 6 rings (SSSR count). The standard InChI is InChI=1S/C29H22N4O2/c34-28-21-12-4-5-13-22(21)29(35)33(28)19-9-18-32-25-16-7-6-14-23(25)26(20-10-2-1-3-11-20)31-24-15-8-17-30-27(24)32/h1-8,10-17H,9,18-19H2. The third kappa shape index (κ3) is 3.60. The molecule has 0 aliphatic carbocycles. The van der Waals surface area contributed by atoms with Crippen molar-refractivity contribution in [3.63, 3.8) is 0 Å². The van der Waals surface area contributed by atoms with Gasteiger partial charge in [0.1, 0.15) is 5.69 Å². The van der Waals surface area contributed by atoms with E-state index in [2.05, 4.69) is 34.1 Å². The van der Waals surface area contributed by atoms with Gasteiger partial charge in [0.05, 0.1) is 22.5 Å². The first-order chi connectivity index (χ1) is 17.2. The first-order valence-corrected chi connectivity index (χ1v) is 11.6. The molecule has 35 heavy (non-hydrogen) atoms. The normalized spacial score (nSPS) is 14.2. The minimum atomic E-state index is -0.227. The highest BCUT2D eigenvalue weighted by atomic mass is 16.2. The Hall–Kier alpha value is -4.58. The molecule has 4 aromatic rings. The van der Waals surface area contributed by atoms with Crippen LogP contribution in [0.4, 0.5) is 17.2 Å². The fourth-order valence-electron chi connectivity index (χ4n) is 4.76. The van der Waals surface area contributed by atoms with Crippen LogP contribution in [-0.4, -0.2) is 40.5 Å². The van der Waals surface area contributed by atoms with Crippen LogP contribution in [0.1, 0.15) is 38.3 Å². The molecule has 0 saturated heterocycles. The van der Waals surface area contributed by atoms with E-state index in [1.807, 2.05) is 42.5 Å². The molecular formula is C29H22N4O2. The molecule has 1 aromatic heterocycles. The van der Waals surface area contributed by atoms with Gasteiger partial charge in [0.2, 0.25) is 0 Å². The molecule has 170 valence electrons. The molecule has 0 saturated carbocycles. The van der Waals surface area contributed by atoms with Crippen LogP contribution in [-0.2, 0) is 0 Å². The summed E-state index contributed by atoms with van der Waals surface area (Å²) in [6.45, 7) is 0.908. The second kappa shape index (κ2) is 8.65. The lowest BCUT2D eigenvalue weighted by Crippen LogP contribution is -2.33. The second-order valence-corrected chi connectivity index (χ2v) is 8.50. The van der Waals surface area contributed by atoms with Crippen LogP contribution < -0.4 is 4.90 Å². The number of benzene rings is 3. The summed E-state index contributed by atoms with van der Waals surface area (Å²) < 4.78 is 0. The molecule has 6 nitrogen and oxygen atoms in total. The summed E-state index contributed by atoms with van der Waals surface area (Å²) >= 11 is 0. The summed E-state index contributed by atoms with van der Waals surface area (Å²) in [5.74, 6) is 0.304. The zero-order valence-corrected chi connectivity index (χ0v) is 19.0. The van der Waals surface area contributed by atoms with Crippen LogP contribution >= 0.6 is 0 Å². The number of carbonyl (C=O) groups is 2. The number of aromatic nitrogens is 1. The lowest BCUT2D eigenvalue weighted by Gasteiger charge is -2.26. The molecule has 2 aliphatic rings. The molecule has 3 aromatic carbocycles. The van der Waals surface area contributed by atoms with E-state index in [-0.39, 0.29) is 11.8 Å². The average Bonchev–Trinajstić information content (AvgIpc) is 3.06. The summed E-state index contributed by atoms with van der Waals surface area (Å²) in [6.07, 6.45) is 2.36. The Kier molecular flexibility index (Phi) is 5.19. The smallest absolute Gasteiger partial charge is 0.261 e. The van der Waals surface area contributed by atoms with E-state index in [0.29, 0.717) is 30.6 Å². The van der Waals surface area contributed by atoms with Gasteiger partial charge in [0.15, 0.2) is 5.82 Å². The average molecular weight is 459 g/mol. The number of hydrogen-bond donors (Lipinski definition) is 0. The molecule has 0 atom stereocenters. The van der Waals surface area contributed by atoms with Crippen molar-refractivity contribution in [1.82, 2.24) is 9.88 Å². The maximum Gasteiger partial charge on any atom is 0.261 e. The number of fused-ring (bicyclic) bond motifs is 3. The Labute approximate surface area is 203 Å². The van der Waals surface area contributed by atoms with E-state index in [1.165, 1.54) is 4.90 Å². The summed E-state index contributed by atoms with van der Waals surface area (Å²) in [5.41, 5.74) is 5.66. The molecule has 0 radical (unpaired) electrons. The van der Waals surface area contributed by atoms with Crippen molar-refractivity contribution < 1.29 is 9.59 Å². The van der Waals surface area contributed by atoms with Gasteiger partial charge in [-0.2, -0.15) is 0 Å². The Balaban J connectivity index is 1.33. The first kappa shape index (κ1) is 21.0. The number of aliphatic imine (C=N–C) groups is 1. The van der Waals surface area contributed by atoms with Crippen LogP contribution in [0.2, 0.25) is 0 Å². The highest BCUT2D eigenvalue weighted by molar-refractivity contribution is 6.21. The summed E-state index contributed by atoms with van der Waals surface area (Å²) in [6, 6.07) is 29.1. The molecule has 0 N–H and O–H groups in total. The van der Waals surface area contributed by atoms with Crippen molar-refractivity contribution in [2.24, 2.45) is 4.99 Å². The molecule has 0 unspecified atom stereocenters. The molecule has 0 spiro atoms. The predicted octanol–water partition coefficient (Wildman–Crippen LogP) is 5.39. The van der Waals surface area contributed by atoms with Crippen LogP contribution in [0.25, 0.3) is 0 Å². The van der Waals surface area contributed by atoms with E-state index in [9.17, 15) is 9.59 Å². The van der Waals surface area contributed by atoms with Crippen molar-refractivity contribution in [2.45, 2.75) is 6.42 Å². The molecular weight excluding hydrogens is 436 g/mol. The Morgan fingerprint density at radius 1 is 0.629 bits per heavy atom. The van der Waals surface area contributed by atoms with Gasteiger partial charge in [-0.05, 0) is 36.8 Å². The Morgan fingerprint density at radius 2 is 1.26 bits per heavy atom. The number of amides is 2. The summed E-state index contributed by atoms with van der Waals surface area (Å²) in [4.78, 5) is 38.8. The maximum atomic E-state index is 12.8. The number of pyridine rings is 1. The van der Waals surface area contributed by atoms with Gasteiger partial charge in [-0.25, -0.2) is 9.98 Å². The van der Waals surface area contributed by atoms with Crippen molar-refractivity contribution in [1.29, 1.82) is 0 Å². The topological polar surface area (TPSA) is 65.9 Å². The van der Waals surface area contributed by atoms with Gasteiger partial charge in [0, 0.05) is 30.4 Å². The van der Waals surface area contributed by atoms with E-state index in [0.717, 1.165) is 34.0 Å². The number of rotatable bonds is 5. The van der Waals surface area contributed by atoms with Crippen molar-refractivity contribution in [3.8, 4) is 0 Å². The molecule has 0 fully saturated rings. The number of para-hydroxylation sites is 1. The Morgan fingerprint density at radius 3 is 2.00 bits per heavy atom. The monoisotopic (exact) mass is 458 g/mol. The van der Waals surface area contributed by atoms with E-state index in [4.69, 9.17) is 4.99 Å². The SMILES string of the molecule is O=C1c2ccccc2C(=O)N1CCCN1c2ccccc2C(c2ccccc2)=Nc2cccnc21. The third-order valence-corrected chi connectivity index (χ3v) is 6.39. The highest BCUT2D eigenvalue weighted by Gasteiger charge is 2.35. The fourth-order valence-corrected chi connectivity index (χ4v) is 4.76. The van der Waals surface area contributed by atoms with E-state index >= 15 is 0 Å². The first-order valence-electron chi connectivity index (χ1n) is 11.6. The molecule has 3 heterocycles. The quantitative estimate of drug-likeness (QED) is 0.376.